The molecule has 1 saturated heterocycles. The number of likely N-dealkylation sites (tertiary alicyclic amines) is 1. The van der Waals surface area contributed by atoms with Crippen molar-refractivity contribution in [1.29, 1.82) is 0 Å². The van der Waals surface area contributed by atoms with Gasteiger partial charge in [0, 0.05) is 30.0 Å². The highest BCUT2D eigenvalue weighted by Crippen LogP contribution is 2.28. The van der Waals surface area contributed by atoms with Gasteiger partial charge in [-0.15, -0.1) is 0 Å². The van der Waals surface area contributed by atoms with Crippen molar-refractivity contribution in [2.45, 2.75) is 66.3 Å². The maximum absolute atomic E-state index is 12.8. The van der Waals surface area contributed by atoms with E-state index in [-0.39, 0.29) is 28.6 Å². The van der Waals surface area contributed by atoms with E-state index >= 15 is 0 Å². The largest absolute Gasteiger partial charge is 0.338 e. The minimum atomic E-state index is -0.336. The number of hydrogen-bond donors (Lipinski definition) is 0. The van der Waals surface area contributed by atoms with E-state index in [2.05, 4.69) is 25.7 Å². The first kappa shape index (κ1) is 19.2. The minimum Gasteiger partial charge on any atom is -0.338 e. The second-order valence-corrected chi connectivity index (χ2v) is 9.27. The number of carbonyl (C=O) groups is 2. The maximum atomic E-state index is 12.8. The van der Waals surface area contributed by atoms with Gasteiger partial charge in [0.05, 0.1) is 0 Å². The molecule has 2 aliphatic heterocycles. The van der Waals surface area contributed by atoms with Crippen LogP contribution in [0.4, 0.5) is 0 Å². The van der Waals surface area contributed by atoms with Crippen LogP contribution in [-0.4, -0.2) is 53.2 Å². The fourth-order valence-corrected chi connectivity index (χ4v) is 3.61. The fraction of sp³-hybridized carbons (Fsp3) is 0.800. The molecule has 0 aliphatic carbocycles. The van der Waals surface area contributed by atoms with Crippen LogP contribution in [0, 0.1) is 11.3 Å². The average Bonchev–Trinajstić information content (AvgIpc) is 2.52. The van der Waals surface area contributed by atoms with Gasteiger partial charge < -0.3 is 4.90 Å². The SMILES string of the molecule is CC(C)(C)C(=O)C1=CCN(C(=O)C2CCN(C(C)(C)C)CC2)CC1. The number of nitrogens with zero attached hydrogens (tertiary/aromatic N) is 2. The summed E-state index contributed by atoms with van der Waals surface area (Å²) in [4.78, 5) is 29.5. The van der Waals surface area contributed by atoms with Crippen LogP contribution in [0.3, 0.4) is 0 Å². The predicted octanol–water partition coefficient (Wildman–Crippen LogP) is 3.27. The first-order chi connectivity index (χ1) is 11.0. The lowest BCUT2D eigenvalue weighted by Gasteiger charge is -2.41. The topological polar surface area (TPSA) is 40.6 Å². The average molecular weight is 335 g/mol. The van der Waals surface area contributed by atoms with Gasteiger partial charge in [0.25, 0.3) is 0 Å². The number of rotatable bonds is 2. The van der Waals surface area contributed by atoms with Crippen molar-refractivity contribution >= 4 is 11.7 Å². The van der Waals surface area contributed by atoms with Crippen molar-refractivity contribution in [1.82, 2.24) is 9.80 Å². The van der Waals surface area contributed by atoms with E-state index < -0.39 is 0 Å². The highest BCUT2D eigenvalue weighted by Gasteiger charge is 2.33. The van der Waals surface area contributed by atoms with Crippen molar-refractivity contribution in [3.8, 4) is 0 Å². The third kappa shape index (κ3) is 4.47. The zero-order valence-electron chi connectivity index (χ0n) is 16.3. The van der Waals surface area contributed by atoms with Crippen LogP contribution < -0.4 is 0 Å². The van der Waals surface area contributed by atoms with Gasteiger partial charge in [-0.2, -0.15) is 0 Å². The molecule has 2 aliphatic rings. The molecule has 0 unspecified atom stereocenters. The van der Waals surface area contributed by atoms with Gasteiger partial charge in [-0.25, -0.2) is 0 Å². The number of Topliss-reactive ketones (excluding diaryl/α,β-unsaturated/α-hetero) is 1. The first-order valence-electron chi connectivity index (χ1n) is 9.28. The van der Waals surface area contributed by atoms with E-state index in [1.165, 1.54) is 0 Å². The lowest BCUT2D eigenvalue weighted by molar-refractivity contribution is -0.137. The van der Waals surface area contributed by atoms with Crippen LogP contribution in [-0.2, 0) is 9.59 Å². The Morgan fingerprint density at radius 1 is 1.00 bits per heavy atom. The molecule has 0 atom stereocenters. The van der Waals surface area contributed by atoms with Crippen molar-refractivity contribution in [2.24, 2.45) is 11.3 Å². The van der Waals surface area contributed by atoms with Gasteiger partial charge in [0.1, 0.15) is 0 Å². The number of piperidine rings is 1. The quantitative estimate of drug-likeness (QED) is 0.778. The Balaban J connectivity index is 1.90. The third-order valence-corrected chi connectivity index (χ3v) is 5.29. The van der Waals surface area contributed by atoms with Crippen LogP contribution >= 0.6 is 0 Å². The molecule has 0 aromatic rings. The van der Waals surface area contributed by atoms with Crippen LogP contribution in [0.1, 0.15) is 60.8 Å². The Kier molecular flexibility index (Phi) is 5.58. The van der Waals surface area contributed by atoms with E-state index in [9.17, 15) is 9.59 Å². The van der Waals surface area contributed by atoms with E-state index in [1.807, 2.05) is 31.7 Å². The van der Waals surface area contributed by atoms with Crippen molar-refractivity contribution in [3.63, 3.8) is 0 Å². The summed E-state index contributed by atoms with van der Waals surface area (Å²) in [6.07, 6.45) is 4.57. The molecule has 1 fully saturated rings. The molecule has 0 aromatic carbocycles. The Bertz CT molecular complexity index is 515. The summed E-state index contributed by atoms with van der Waals surface area (Å²) < 4.78 is 0. The van der Waals surface area contributed by atoms with E-state index in [4.69, 9.17) is 0 Å². The van der Waals surface area contributed by atoms with Gasteiger partial charge in [-0.1, -0.05) is 26.8 Å². The Morgan fingerprint density at radius 2 is 1.58 bits per heavy atom. The molecule has 0 aromatic heterocycles. The highest BCUT2D eigenvalue weighted by molar-refractivity contribution is 5.99. The van der Waals surface area contributed by atoms with E-state index in [0.29, 0.717) is 19.5 Å². The zero-order chi connectivity index (χ0) is 18.1. The van der Waals surface area contributed by atoms with Crippen LogP contribution in [0.25, 0.3) is 0 Å². The zero-order valence-corrected chi connectivity index (χ0v) is 16.3. The molecule has 4 nitrogen and oxygen atoms in total. The second-order valence-electron chi connectivity index (χ2n) is 9.27. The maximum Gasteiger partial charge on any atom is 0.226 e. The Morgan fingerprint density at radius 3 is 2.00 bits per heavy atom. The van der Waals surface area contributed by atoms with Crippen molar-refractivity contribution in [2.75, 3.05) is 26.2 Å². The van der Waals surface area contributed by atoms with Crippen LogP contribution in [0.2, 0.25) is 0 Å². The number of ketones is 1. The molecule has 0 saturated carbocycles. The molecule has 136 valence electrons. The molecule has 2 rings (SSSR count). The minimum absolute atomic E-state index is 0.150. The number of amides is 1. The van der Waals surface area contributed by atoms with E-state index in [0.717, 1.165) is 31.5 Å². The second kappa shape index (κ2) is 6.99. The standard InChI is InChI=1S/C20H34N2O2/c1-19(2,3)17(23)15-7-11-21(12-8-15)18(24)16-9-13-22(14-10-16)20(4,5)6/h7,16H,8-14H2,1-6H3. The number of hydrogen-bond acceptors (Lipinski definition) is 3. The predicted molar refractivity (Wildman–Crippen MR) is 97.8 cm³/mol. The normalized spacial score (nSPS) is 21.6. The number of carbonyl (C=O) groups excluding carboxylic acids is 2. The Labute approximate surface area is 147 Å². The summed E-state index contributed by atoms with van der Waals surface area (Å²) in [5.74, 6) is 0.645. The summed E-state index contributed by atoms with van der Waals surface area (Å²) in [7, 11) is 0. The monoisotopic (exact) mass is 334 g/mol. The molecule has 0 spiro atoms. The van der Waals surface area contributed by atoms with Crippen molar-refractivity contribution in [3.05, 3.63) is 11.6 Å². The summed E-state index contributed by atoms with van der Waals surface area (Å²) in [5, 5.41) is 0. The summed E-state index contributed by atoms with van der Waals surface area (Å²) >= 11 is 0. The van der Waals surface area contributed by atoms with Crippen molar-refractivity contribution < 1.29 is 9.59 Å². The molecule has 4 heteroatoms. The van der Waals surface area contributed by atoms with Crippen LogP contribution in [0.15, 0.2) is 11.6 Å². The van der Waals surface area contributed by atoms with Crippen LogP contribution in [0.5, 0.6) is 0 Å². The molecule has 0 N–H and O–H groups in total. The molecule has 0 bridgehead atoms. The first-order valence-corrected chi connectivity index (χ1v) is 9.28. The van der Waals surface area contributed by atoms with Gasteiger partial charge >= 0.3 is 0 Å². The van der Waals surface area contributed by atoms with Gasteiger partial charge in [0.2, 0.25) is 5.91 Å². The lowest BCUT2D eigenvalue weighted by Crippen LogP contribution is -2.49. The summed E-state index contributed by atoms with van der Waals surface area (Å²) in [6, 6.07) is 0. The summed E-state index contributed by atoms with van der Waals surface area (Å²) in [6.45, 7) is 15.8. The molecule has 24 heavy (non-hydrogen) atoms. The van der Waals surface area contributed by atoms with Gasteiger partial charge in [-0.3, -0.25) is 14.5 Å². The molecule has 0 radical (unpaired) electrons. The fourth-order valence-electron chi connectivity index (χ4n) is 3.61. The molecule has 2 heterocycles. The lowest BCUT2D eigenvalue weighted by atomic mass is 9.84. The third-order valence-electron chi connectivity index (χ3n) is 5.29. The molecular weight excluding hydrogens is 300 g/mol. The molecular formula is C20H34N2O2. The summed E-state index contributed by atoms with van der Waals surface area (Å²) in [5.41, 5.74) is 0.746. The smallest absolute Gasteiger partial charge is 0.226 e. The highest BCUT2D eigenvalue weighted by atomic mass is 16.2. The Hall–Kier alpha value is -1.16. The molecule has 1 amide bonds. The van der Waals surface area contributed by atoms with Gasteiger partial charge in [0.15, 0.2) is 5.78 Å². The van der Waals surface area contributed by atoms with Gasteiger partial charge in [-0.05, 0) is 58.7 Å². The van der Waals surface area contributed by atoms with E-state index in [1.54, 1.807) is 0 Å².